The van der Waals surface area contributed by atoms with Crippen LogP contribution in [0.2, 0.25) is 0 Å². The number of hydrogen-bond donors (Lipinski definition) is 2. The normalized spacial score (nSPS) is 10.9. The maximum Gasteiger partial charge on any atom is 0.337 e. The van der Waals surface area contributed by atoms with Gasteiger partial charge < -0.3 is 15.4 Å². The maximum absolute atomic E-state index is 12.9. The van der Waals surface area contributed by atoms with Crippen LogP contribution in [0, 0.1) is 11.2 Å². The van der Waals surface area contributed by atoms with E-state index in [1.807, 2.05) is 0 Å². The van der Waals surface area contributed by atoms with Crippen LogP contribution in [0.4, 0.5) is 10.1 Å². The SMILES string of the molecule is COC(=O)c1cccc(NC(=O)C(C)(C)C(=O)NCCc2ccc(F)cc2)c1. The number of rotatable bonds is 7. The Bertz CT molecular complexity index is 863. The molecule has 0 aliphatic rings. The number of nitrogens with one attached hydrogen (secondary N) is 2. The molecule has 28 heavy (non-hydrogen) atoms. The number of carbonyl (C=O) groups is 3. The molecule has 2 amide bonds. The maximum atomic E-state index is 12.9. The molecule has 0 spiro atoms. The Morgan fingerprint density at radius 1 is 1.04 bits per heavy atom. The molecule has 0 fully saturated rings. The van der Waals surface area contributed by atoms with Gasteiger partial charge in [-0.3, -0.25) is 9.59 Å². The topological polar surface area (TPSA) is 84.5 Å². The van der Waals surface area contributed by atoms with E-state index in [0.717, 1.165) is 5.56 Å². The van der Waals surface area contributed by atoms with Gasteiger partial charge in [0.2, 0.25) is 11.8 Å². The predicted octanol–water partition coefficient (Wildman–Crippen LogP) is 2.94. The third-order valence-corrected chi connectivity index (χ3v) is 4.29. The van der Waals surface area contributed by atoms with Crippen molar-refractivity contribution in [3.8, 4) is 0 Å². The van der Waals surface area contributed by atoms with Crippen molar-refractivity contribution in [3.05, 3.63) is 65.5 Å². The second kappa shape index (κ2) is 9.12. The standard InChI is InChI=1S/C21H23FN2O4/c1-21(2,19(26)23-12-11-14-7-9-16(22)10-8-14)20(27)24-17-6-4-5-15(13-17)18(25)28-3/h4-10,13H,11-12H2,1-3H3,(H,23,26)(H,24,27). The van der Waals surface area contributed by atoms with E-state index in [0.29, 0.717) is 24.2 Å². The van der Waals surface area contributed by atoms with E-state index in [-0.39, 0.29) is 5.82 Å². The van der Waals surface area contributed by atoms with Gasteiger partial charge in [-0.1, -0.05) is 18.2 Å². The van der Waals surface area contributed by atoms with Gasteiger partial charge in [-0.15, -0.1) is 0 Å². The molecule has 148 valence electrons. The van der Waals surface area contributed by atoms with Gasteiger partial charge in [0.15, 0.2) is 0 Å². The number of halogens is 1. The Kier molecular flexibility index (Phi) is 6.87. The Hall–Kier alpha value is -3.22. The zero-order valence-corrected chi connectivity index (χ0v) is 16.0. The van der Waals surface area contributed by atoms with Crippen molar-refractivity contribution in [2.75, 3.05) is 19.0 Å². The number of carbonyl (C=O) groups excluding carboxylic acids is 3. The molecule has 0 saturated carbocycles. The monoisotopic (exact) mass is 386 g/mol. The lowest BCUT2D eigenvalue weighted by atomic mass is 9.90. The summed E-state index contributed by atoms with van der Waals surface area (Å²) in [7, 11) is 1.27. The summed E-state index contributed by atoms with van der Waals surface area (Å²) < 4.78 is 17.6. The summed E-state index contributed by atoms with van der Waals surface area (Å²) in [6.07, 6.45) is 0.519. The average molecular weight is 386 g/mol. The number of esters is 1. The summed E-state index contributed by atoms with van der Waals surface area (Å²) in [6, 6.07) is 12.3. The zero-order chi connectivity index (χ0) is 20.7. The van der Waals surface area contributed by atoms with Crippen molar-refractivity contribution in [1.29, 1.82) is 0 Å². The number of amides is 2. The Morgan fingerprint density at radius 2 is 1.71 bits per heavy atom. The van der Waals surface area contributed by atoms with E-state index in [1.165, 1.54) is 39.2 Å². The minimum atomic E-state index is -1.33. The minimum Gasteiger partial charge on any atom is -0.465 e. The molecule has 2 rings (SSSR count). The second-order valence-corrected chi connectivity index (χ2v) is 6.78. The molecule has 0 unspecified atom stereocenters. The fourth-order valence-electron chi connectivity index (χ4n) is 2.42. The lowest BCUT2D eigenvalue weighted by molar-refractivity contribution is -0.138. The number of methoxy groups -OCH3 is 1. The van der Waals surface area contributed by atoms with E-state index >= 15 is 0 Å². The highest BCUT2D eigenvalue weighted by atomic mass is 19.1. The number of hydrogen-bond acceptors (Lipinski definition) is 4. The third kappa shape index (κ3) is 5.39. The van der Waals surface area contributed by atoms with Crippen LogP contribution in [-0.4, -0.2) is 31.4 Å². The van der Waals surface area contributed by atoms with Gasteiger partial charge in [-0.2, -0.15) is 0 Å². The van der Waals surface area contributed by atoms with E-state index in [2.05, 4.69) is 15.4 Å². The molecule has 6 nitrogen and oxygen atoms in total. The molecule has 2 N–H and O–H groups in total. The molecule has 0 aromatic heterocycles. The van der Waals surface area contributed by atoms with Gasteiger partial charge in [0, 0.05) is 12.2 Å². The van der Waals surface area contributed by atoms with E-state index < -0.39 is 23.2 Å². The molecule has 0 aliphatic heterocycles. The van der Waals surface area contributed by atoms with Crippen molar-refractivity contribution in [2.45, 2.75) is 20.3 Å². The highest BCUT2D eigenvalue weighted by Crippen LogP contribution is 2.20. The molecule has 0 saturated heterocycles. The highest BCUT2D eigenvalue weighted by Gasteiger charge is 2.35. The van der Waals surface area contributed by atoms with Gasteiger partial charge in [-0.05, 0) is 56.2 Å². The van der Waals surface area contributed by atoms with Gasteiger partial charge >= 0.3 is 5.97 Å². The van der Waals surface area contributed by atoms with Gasteiger partial charge in [0.1, 0.15) is 11.2 Å². The fourth-order valence-corrected chi connectivity index (χ4v) is 2.42. The Morgan fingerprint density at radius 3 is 2.36 bits per heavy atom. The van der Waals surface area contributed by atoms with Gasteiger partial charge in [0.05, 0.1) is 12.7 Å². The van der Waals surface area contributed by atoms with Crippen LogP contribution in [0.1, 0.15) is 29.8 Å². The lowest BCUT2D eigenvalue weighted by Crippen LogP contribution is -2.45. The minimum absolute atomic E-state index is 0.293. The largest absolute Gasteiger partial charge is 0.465 e. The number of benzene rings is 2. The average Bonchev–Trinajstić information content (AvgIpc) is 2.68. The van der Waals surface area contributed by atoms with Crippen molar-refractivity contribution in [1.82, 2.24) is 5.32 Å². The van der Waals surface area contributed by atoms with Crippen LogP contribution in [0.3, 0.4) is 0 Å². The first kappa shape index (κ1) is 21.1. The molecule has 2 aromatic carbocycles. The first-order chi connectivity index (χ1) is 13.2. The van der Waals surface area contributed by atoms with Crippen molar-refractivity contribution < 1.29 is 23.5 Å². The molecule has 0 atom stereocenters. The van der Waals surface area contributed by atoms with Gasteiger partial charge in [-0.25, -0.2) is 9.18 Å². The summed E-state index contributed by atoms with van der Waals surface area (Å²) in [5.74, 6) is -1.78. The smallest absolute Gasteiger partial charge is 0.337 e. The molecule has 2 aromatic rings. The molecule has 0 radical (unpaired) electrons. The molecule has 0 heterocycles. The zero-order valence-electron chi connectivity index (χ0n) is 16.0. The molecule has 0 bridgehead atoms. The van der Waals surface area contributed by atoms with Crippen LogP contribution in [0.25, 0.3) is 0 Å². The summed E-state index contributed by atoms with van der Waals surface area (Å²) in [4.78, 5) is 36.6. The van der Waals surface area contributed by atoms with Crippen molar-refractivity contribution in [2.24, 2.45) is 5.41 Å². The van der Waals surface area contributed by atoms with Gasteiger partial charge in [0.25, 0.3) is 0 Å². The Balaban J connectivity index is 1.94. The fraction of sp³-hybridized carbons (Fsp3) is 0.286. The number of ether oxygens (including phenoxy) is 1. The van der Waals surface area contributed by atoms with E-state index in [9.17, 15) is 18.8 Å². The lowest BCUT2D eigenvalue weighted by Gasteiger charge is -2.23. The third-order valence-electron chi connectivity index (χ3n) is 4.29. The molecular formula is C21H23FN2O4. The molecule has 0 aliphatic carbocycles. The second-order valence-electron chi connectivity index (χ2n) is 6.78. The van der Waals surface area contributed by atoms with Crippen molar-refractivity contribution in [3.63, 3.8) is 0 Å². The predicted molar refractivity (Wildman–Crippen MR) is 103 cm³/mol. The molecule has 7 heteroatoms. The summed E-state index contributed by atoms with van der Waals surface area (Å²) in [5.41, 5.74) is 0.231. The van der Waals surface area contributed by atoms with Crippen LogP contribution in [-0.2, 0) is 20.7 Å². The summed E-state index contributed by atoms with van der Waals surface area (Å²) in [6.45, 7) is 3.35. The van der Waals surface area contributed by atoms with Crippen LogP contribution < -0.4 is 10.6 Å². The summed E-state index contributed by atoms with van der Waals surface area (Å²) >= 11 is 0. The molecular weight excluding hydrogens is 363 g/mol. The first-order valence-corrected chi connectivity index (χ1v) is 8.76. The van der Waals surface area contributed by atoms with E-state index in [1.54, 1.807) is 30.3 Å². The van der Waals surface area contributed by atoms with E-state index in [4.69, 9.17) is 0 Å². The number of anilines is 1. The quantitative estimate of drug-likeness (QED) is 0.566. The Labute approximate surface area is 163 Å². The highest BCUT2D eigenvalue weighted by molar-refractivity contribution is 6.10. The first-order valence-electron chi connectivity index (χ1n) is 8.76. The van der Waals surface area contributed by atoms with Crippen LogP contribution in [0.5, 0.6) is 0 Å². The summed E-state index contributed by atoms with van der Waals surface area (Å²) in [5, 5.41) is 5.37. The van der Waals surface area contributed by atoms with Crippen molar-refractivity contribution >= 4 is 23.5 Å². The van der Waals surface area contributed by atoms with Crippen LogP contribution in [0.15, 0.2) is 48.5 Å². The van der Waals surface area contributed by atoms with Crippen LogP contribution >= 0.6 is 0 Å².